The van der Waals surface area contributed by atoms with Gasteiger partial charge in [0.1, 0.15) is 0 Å². The highest BCUT2D eigenvalue weighted by Crippen LogP contribution is 2.24. The van der Waals surface area contributed by atoms with E-state index in [0.717, 1.165) is 19.9 Å². The van der Waals surface area contributed by atoms with E-state index in [1.165, 1.54) is 4.90 Å². The van der Waals surface area contributed by atoms with Gasteiger partial charge in [0, 0.05) is 23.4 Å². The van der Waals surface area contributed by atoms with E-state index in [1.807, 2.05) is 17.5 Å². The third kappa shape index (κ3) is 3.97. The van der Waals surface area contributed by atoms with E-state index in [-0.39, 0.29) is 5.91 Å². The fourth-order valence-corrected chi connectivity index (χ4v) is 4.70. The molecule has 24 heavy (non-hydrogen) atoms. The van der Waals surface area contributed by atoms with Crippen molar-refractivity contribution in [1.29, 1.82) is 0 Å². The monoisotopic (exact) mass is 378 g/mol. The van der Waals surface area contributed by atoms with Gasteiger partial charge in [0.15, 0.2) is 4.80 Å². The molecule has 4 nitrogen and oxygen atoms in total. The van der Waals surface area contributed by atoms with Gasteiger partial charge in [-0.3, -0.25) is 4.79 Å². The number of aromatic nitrogens is 1. The third-order valence-corrected chi connectivity index (χ3v) is 6.18. The largest absolute Gasteiger partial charge is 0.383 e. The second-order valence-electron chi connectivity index (χ2n) is 5.12. The normalized spacial score (nSPS) is 12.2. The molecule has 0 aliphatic carbocycles. The molecule has 3 aromatic rings. The molecule has 0 bridgehead atoms. The van der Waals surface area contributed by atoms with E-state index >= 15 is 0 Å². The summed E-state index contributed by atoms with van der Waals surface area (Å²) in [4.78, 5) is 19.7. The number of amides is 1. The molecule has 0 aliphatic heterocycles. The number of thiophene rings is 1. The SMILES string of the molecule is COCCn1c(=NC(=O)Cc2cccs2)sc2cc(SC)ccc21. The molecule has 0 radical (unpaired) electrons. The summed E-state index contributed by atoms with van der Waals surface area (Å²) in [5, 5.41) is 1.98. The minimum absolute atomic E-state index is 0.111. The summed E-state index contributed by atoms with van der Waals surface area (Å²) in [5.41, 5.74) is 1.09. The van der Waals surface area contributed by atoms with Crippen LogP contribution in [-0.4, -0.2) is 30.4 Å². The number of methoxy groups -OCH3 is 1. The van der Waals surface area contributed by atoms with Crippen LogP contribution < -0.4 is 4.80 Å². The Balaban J connectivity index is 2.00. The maximum absolute atomic E-state index is 12.3. The number of nitrogens with zero attached hydrogens (tertiary/aromatic N) is 2. The molecule has 3 rings (SSSR count). The Kier molecular flexibility index (Phi) is 5.89. The number of hydrogen-bond donors (Lipinski definition) is 0. The number of thiazole rings is 1. The van der Waals surface area contributed by atoms with Gasteiger partial charge in [-0.25, -0.2) is 0 Å². The van der Waals surface area contributed by atoms with Crippen LogP contribution in [0.2, 0.25) is 0 Å². The number of thioether (sulfide) groups is 1. The van der Waals surface area contributed by atoms with Gasteiger partial charge in [0.25, 0.3) is 5.91 Å². The van der Waals surface area contributed by atoms with Crippen molar-refractivity contribution < 1.29 is 9.53 Å². The summed E-state index contributed by atoms with van der Waals surface area (Å²) in [5.74, 6) is -0.111. The molecule has 1 amide bonds. The van der Waals surface area contributed by atoms with Crippen molar-refractivity contribution in [2.75, 3.05) is 20.0 Å². The predicted octanol–water partition coefficient (Wildman–Crippen LogP) is 3.80. The Morgan fingerprint density at radius 3 is 2.96 bits per heavy atom. The average Bonchev–Trinajstić information content (AvgIpc) is 3.19. The van der Waals surface area contributed by atoms with Gasteiger partial charge < -0.3 is 9.30 Å². The Bertz CT molecular complexity index is 894. The first kappa shape index (κ1) is 17.4. The number of hydrogen-bond acceptors (Lipinski definition) is 5. The summed E-state index contributed by atoms with van der Waals surface area (Å²) in [6.07, 6.45) is 2.41. The van der Waals surface area contributed by atoms with Gasteiger partial charge in [0.05, 0.1) is 23.2 Å². The van der Waals surface area contributed by atoms with E-state index < -0.39 is 0 Å². The van der Waals surface area contributed by atoms with Crippen LogP contribution in [0.5, 0.6) is 0 Å². The lowest BCUT2D eigenvalue weighted by Gasteiger charge is -2.04. The second-order valence-corrected chi connectivity index (χ2v) is 8.05. The lowest BCUT2D eigenvalue weighted by molar-refractivity contribution is -0.117. The Labute approximate surface area is 152 Å². The second kappa shape index (κ2) is 8.11. The van der Waals surface area contributed by atoms with Gasteiger partial charge in [-0.15, -0.1) is 23.1 Å². The maximum Gasteiger partial charge on any atom is 0.253 e. The summed E-state index contributed by atoms with van der Waals surface area (Å²) in [6.45, 7) is 1.27. The quantitative estimate of drug-likeness (QED) is 0.613. The Hall–Kier alpha value is -1.41. The van der Waals surface area contributed by atoms with E-state index in [9.17, 15) is 4.79 Å². The number of carbonyl (C=O) groups is 1. The van der Waals surface area contributed by atoms with Crippen LogP contribution in [-0.2, 0) is 22.5 Å². The first-order valence-corrected chi connectivity index (χ1v) is 10.4. The molecule has 0 aliphatic rings. The van der Waals surface area contributed by atoms with Crippen molar-refractivity contribution >= 4 is 50.6 Å². The lowest BCUT2D eigenvalue weighted by Crippen LogP contribution is -2.19. The molecule has 0 saturated carbocycles. The van der Waals surface area contributed by atoms with Gasteiger partial charge >= 0.3 is 0 Å². The topological polar surface area (TPSA) is 43.6 Å². The van der Waals surface area contributed by atoms with E-state index in [4.69, 9.17) is 4.74 Å². The van der Waals surface area contributed by atoms with Gasteiger partial charge in [0.2, 0.25) is 0 Å². The van der Waals surface area contributed by atoms with Crippen LogP contribution in [0.25, 0.3) is 10.2 Å². The van der Waals surface area contributed by atoms with Crippen molar-refractivity contribution in [3.63, 3.8) is 0 Å². The Morgan fingerprint density at radius 2 is 2.25 bits per heavy atom. The van der Waals surface area contributed by atoms with Crippen LogP contribution in [0.3, 0.4) is 0 Å². The van der Waals surface area contributed by atoms with Crippen LogP contribution in [0.15, 0.2) is 45.6 Å². The summed E-state index contributed by atoms with van der Waals surface area (Å²) in [6, 6.07) is 10.3. The highest BCUT2D eigenvalue weighted by molar-refractivity contribution is 7.98. The summed E-state index contributed by atoms with van der Waals surface area (Å²) >= 11 is 4.85. The van der Waals surface area contributed by atoms with E-state index in [2.05, 4.69) is 34.0 Å². The van der Waals surface area contributed by atoms with Gasteiger partial charge in [-0.1, -0.05) is 17.4 Å². The average molecular weight is 379 g/mol. The van der Waals surface area contributed by atoms with Crippen LogP contribution >= 0.6 is 34.4 Å². The molecule has 0 fully saturated rings. The molecule has 0 unspecified atom stereocenters. The zero-order chi connectivity index (χ0) is 16.9. The number of benzene rings is 1. The predicted molar refractivity (Wildman–Crippen MR) is 102 cm³/mol. The first-order chi connectivity index (χ1) is 11.7. The van der Waals surface area contributed by atoms with Crippen molar-refractivity contribution in [3.05, 3.63) is 45.4 Å². The first-order valence-electron chi connectivity index (χ1n) is 7.47. The molecule has 0 atom stereocenters. The zero-order valence-electron chi connectivity index (χ0n) is 13.5. The lowest BCUT2D eigenvalue weighted by atomic mass is 10.3. The molecule has 2 aromatic heterocycles. The van der Waals surface area contributed by atoms with Crippen molar-refractivity contribution in [3.8, 4) is 0 Å². The minimum atomic E-state index is -0.111. The van der Waals surface area contributed by atoms with E-state index in [1.54, 1.807) is 41.5 Å². The van der Waals surface area contributed by atoms with Gasteiger partial charge in [-0.2, -0.15) is 4.99 Å². The summed E-state index contributed by atoms with van der Waals surface area (Å²) in [7, 11) is 1.68. The van der Waals surface area contributed by atoms with Crippen LogP contribution in [0, 0.1) is 0 Å². The highest BCUT2D eigenvalue weighted by Gasteiger charge is 2.09. The van der Waals surface area contributed by atoms with Gasteiger partial charge in [-0.05, 0) is 35.9 Å². The number of fused-ring (bicyclic) bond motifs is 1. The molecule has 1 aromatic carbocycles. The standard InChI is InChI=1S/C17H18N2O2S3/c1-21-8-7-19-14-6-5-12(22-2)10-15(14)24-17(19)18-16(20)11-13-4-3-9-23-13/h3-6,9-10H,7-8,11H2,1-2H3. The fraction of sp³-hybridized carbons (Fsp3) is 0.294. The number of carbonyl (C=O) groups excluding carboxylic acids is 1. The van der Waals surface area contributed by atoms with E-state index in [0.29, 0.717) is 19.6 Å². The fourth-order valence-electron chi connectivity index (χ4n) is 2.37. The zero-order valence-corrected chi connectivity index (χ0v) is 16.0. The maximum atomic E-state index is 12.3. The number of ether oxygens (including phenoxy) is 1. The van der Waals surface area contributed by atoms with Crippen LogP contribution in [0.1, 0.15) is 4.88 Å². The van der Waals surface area contributed by atoms with Crippen molar-refractivity contribution in [1.82, 2.24) is 4.57 Å². The minimum Gasteiger partial charge on any atom is -0.383 e. The number of rotatable bonds is 6. The van der Waals surface area contributed by atoms with Crippen molar-refractivity contribution in [2.24, 2.45) is 4.99 Å². The molecule has 0 N–H and O–H groups in total. The molecule has 7 heteroatoms. The summed E-state index contributed by atoms with van der Waals surface area (Å²) < 4.78 is 8.42. The molecule has 2 heterocycles. The molecule has 0 saturated heterocycles. The molecular weight excluding hydrogens is 360 g/mol. The molecule has 126 valence electrons. The third-order valence-electron chi connectivity index (χ3n) is 3.53. The van der Waals surface area contributed by atoms with Crippen molar-refractivity contribution in [2.45, 2.75) is 17.9 Å². The highest BCUT2D eigenvalue weighted by atomic mass is 32.2. The molecule has 0 spiro atoms. The molecular formula is C17H18N2O2S3. The Morgan fingerprint density at radius 1 is 1.38 bits per heavy atom. The smallest absolute Gasteiger partial charge is 0.253 e. The van der Waals surface area contributed by atoms with Crippen LogP contribution in [0.4, 0.5) is 0 Å².